The maximum absolute atomic E-state index is 7.84. The molecule has 2 heteroatoms. The van der Waals surface area contributed by atoms with Gasteiger partial charge < -0.3 is 5.11 Å². The Balaban J connectivity index is 2.43. The lowest BCUT2D eigenvalue weighted by atomic mass is 10.0. The minimum absolute atomic E-state index is 0.687. The van der Waals surface area contributed by atoms with Crippen molar-refractivity contribution >= 4 is 27.5 Å². The summed E-state index contributed by atoms with van der Waals surface area (Å²) in [6.45, 7) is 0. The lowest BCUT2D eigenvalue weighted by Gasteiger charge is -1.97. The van der Waals surface area contributed by atoms with Crippen LogP contribution in [0.1, 0.15) is 16.9 Å². The van der Waals surface area contributed by atoms with E-state index in [-0.39, 0.29) is 0 Å². The quantitative estimate of drug-likeness (QED) is 0.589. The molecule has 1 aromatic heterocycles. The monoisotopic (exact) mass is 204 g/mol. The predicted molar refractivity (Wildman–Crippen MR) is 63.6 cm³/mol. The summed E-state index contributed by atoms with van der Waals surface area (Å²) in [5.41, 5.74) is 1.38. The van der Waals surface area contributed by atoms with Crippen molar-refractivity contribution in [1.82, 2.24) is 0 Å². The molecule has 0 bridgehead atoms. The SMILES string of the molecule is [OH2+]c1cccc2c3c([sH+]c12)CCC=C3. The summed E-state index contributed by atoms with van der Waals surface area (Å²) < 4.78 is 1.20. The highest BCUT2D eigenvalue weighted by Crippen LogP contribution is 2.39. The number of hydrogen-bond donors (Lipinski definition) is 0. The van der Waals surface area contributed by atoms with Crippen molar-refractivity contribution in [1.29, 1.82) is 0 Å². The molecule has 0 radical (unpaired) electrons. The summed E-state index contributed by atoms with van der Waals surface area (Å²) in [4.78, 5) is 1.50. The molecule has 0 saturated carbocycles. The van der Waals surface area contributed by atoms with Crippen LogP contribution in [0.15, 0.2) is 24.3 Å². The third-order valence-electron chi connectivity index (χ3n) is 2.72. The fraction of sp³-hybridized carbons (Fsp3) is 0.167. The molecule has 0 atom stereocenters. The minimum atomic E-state index is 0.687. The largest absolute Gasteiger partial charge is 0.589 e. The van der Waals surface area contributed by atoms with Gasteiger partial charge in [-0.05, 0) is 23.8 Å². The van der Waals surface area contributed by atoms with Gasteiger partial charge in [-0.25, -0.2) is 0 Å². The van der Waals surface area contributed by atoms with Crippen molar-refractivity contribution in [2.45, 2.75) is 12.8 Å². The number of allylic oxidation sites excluding steroid dienone is 1. The molecule has 0 saturated heterocycles. The van der Waals surface area contributed by atoms with Crippen molar-refractivity contribution in [3.05, 3.63) is 34.7 Å². The topological polar surface area (TPSA) is 22.9 Å². The number of rotatable bonds is 0. The van der Waals surface area contributed by atoms with E-state index in [2.05, 4.69) is 18.2 Å². The molecule has 1 heterocycles. The molecule has 0 fully saturated rings. The predicted octanol–water partition coefficient (Wildman–Crippen LogP) is 3.03. The highest BCUT2D eigenvalue weighted by molar-refractivity contribution is 7.19. The van der Waals surface area contributed by atoms with Gasteiger partial charge in [-0.3, -0.25) is 0 Å². The Morgan fingerprint density at radius 2 is 2.21 bits per heavy atom. The highest BCUT2D eigenvalue weighted by Gasteiger charge is 2.22. The standard InChI is InChI=1S/C12H10OS/c13-10-6-3-5-9-8-4-1-2-7-11(8)14-12(9)10/h1,3-6,13H,2,7H2/p+2. The molecule has 1 aliphatic carbocycles. The van der Waals surface area contributed by atoms with Crippen LogP contribution in [0.3, 0.4) is 0 Å². The van der Waals surface area contributed by atoms with Gasteiger partial charge in [0.05, 0.1) is 5.39 Å². The zero-order valence-electron chi connectivity index (χ0n) is 7.75. The first-order valence-electron chi connectivity index (χ1n) is 4.83. The van der Waals surface area contributed by atoms with E-state index in [0.717, 1.165) is 6.42 Å². The van der Waals surface area contributed by atoms with Crippen molar-refractivity contribution < 1.29 is 5.11 Å². The van der Waals surface area contributed by atoms with Gasteiger partial charge in [0.1, 0.15) is 0 Å². The van der Waals surface area contributed by atoms with Crippen LogP contribution in [-0.4, -0.2) is 5.11 Å². The minimum Gasteiger partial charge on any atom is -0.589 e. The van der Waals surface area contributed by atoms with Crippen molar-refractivity contribution in [2.24, 2.45) is 0 Å². The highest BCUT2D eigenvalue weighted by atomic mass is 32.1. The van der Waals surface area contributed by atoms with E-state index in [1.54, 1.807) is 0 Å². The number of hydrogen-bond acceptors (Lipinski definition) is 0. The molecule has 2 aromatic rings. The molecule has 70 valence electrons. The van der Waals surface area contributed by atoms with Crippen LogP contribution in [0.25, 0.3) is 16.2 Å². The van der Waals surface area contributed by atoms with E-state index >= 15 is 0 Å². The summed E-state index contributed by atoms with van der Waals surface area (Å²) in [6.07, 6.45) is 6.78. The Hall–Kier alpha value is -1.28. The zero-order chi connectivity index (χ0) is 9.54. The van der Waals surface area contributed by atoms with Crippen molar-refractivity contribution in [2.75, 3.05) is 0 Å². The van der Waals surface area contributed by atoms with Gasteiger partial charge >= 0.3 is 5.75 Å². The Bertz CT molecular complexity index is 522. The summed E-state index contributed by atoms with van der Waals surface area (Å²) in [5.74, 6) is 0.687. The van der Waals surface area contributed by atoms with E-state index in [9.17, 15) is 0 Å². The first-order chi connectivity index (χ1) is 6.86. The van der Waals surface area contributed by atoms with Crippen LogP contribution < -0.4 is 0 Å². The average Bonchev–Trinajstić information content (AvgIpc) is 2.59. The third kappa shape index (κ3) is 1.01. The van der Waals surface area contributed by atoms with Crippen LogP contribution >= 0.6 is 11.3 Å². The number of benzene rings is 1. The third-order valence-corrected chi connectivity index (χ3v) is 4.16. The van der Waals surface area contributed by atoms with Gasteiger partial charge in [0.25, 0.3) is 4.70 Å². The molecule has 1 aliphatic rings. The number of thiophene rings is 1. The number of aryl methyl sites for hydroxylation is 1. The second-order valence-corrected chi connectivity index (χ2v) is 4.83. The molecule has 3 rings (SSSR count). The zero-order valence-corrected chi connectivity index (χ0v) is 8.64. The van der Waals surface area contributed by atoms with Gasteiger partial charge in [0.15, 0.2) is 4.88 Å². The van der Waals surface area contributed by atoms with E-state index in [1.807, 2.05) is 12.1 Å². The van der Waals surface area contributed by atoms with Gasteiger partial charge in [-0.1, -0.05) is 18.2 Å². The van der Waals surface area contributed by atoms with Crippen molar-refractivity contribution in [3.8, 4) is 5.75 Å². The van der Waals surface area contributed by atoms with E-state index in [1.165, 1.54) is 38.3 Å². The molecule has 1 nitrogen and oxygen atoms in total. The summed E-state index contributed by atoms with van der Waals surface area (Å²) in [5, 5.41) is 9.13. The van der Waals surface area contributed by atoms with Crippen LogP contribution in [0.2, 0.25) is 0 Å². The van der Waals surface area contributed by atoms with Gasteiger partial charge in [0, 0.05) is 18.1 Å². The fourth-order valence-corrected chi connectivity index (χ4v) is 3.37. The van der Waals surface area contributed by atoms with Gasteiger partial charge in [0.2, 0.25) is 0 Å². The second-order valence-electron chi connectivity index (χ2n) is 3.61. The molecule has 2 N–H and O–H groups in total. The maximum Gasteiger partial charge on any atom is 0.315 e. The molecular weight excluding hydrogens is 192 g/mol. The molecular formula is C12H12OS+2. The van der Waals surface area contributed by atoms with E-state index < -0.39 is 0 Å². The van der Waals surface area contributed by atoms with E-state index in [4.69, 9.17) is 5.11 Å². The van der Waals surface area contributed by atoms with E-state index in [0.29, 0.717) is 5.75 Å². The molecule has 0 aliphatic heterocycles. The van der Waals surface area contributed by atoms with Gasteiger partial charge in [-0.2, -0.15) is 0 Å². The molecule has 14 heavy (non-hydrogen) atoms. The van der Waals surface area contributed by atoms with Crippen LogP contribution in [-0.2, 0) is 6.42 Å². The lowest BCUT2D eigenvalue weighted by Crippen LogP contribution is -1.86. The summed E-state index contributed by atoms with van der Waals surface area (Å²) in [7, 11) is 0. The normalized spacial score (nSPS) is 14.6. The molecule has 0 spiro atoms. The summed E-state index contributed by atoms with van der Waals surface area (Å²) >= 11 is 1.27. The second kappa shape index (κ2) is 2.85. The molecule has 0 unspecified atom stereocenters. The molecule has 0 amide bonds. The maximum atomic E-state index is 7.84. The summed E-state index contributed by atoms with van der Waals surface area (Å²) in [6, 6.07) is 6.00. The Labute approximate surface area is 86.3 Å². The average molecular weight is 204 g/mol. The lowest BCUT2D eigenvalue weighted by molar-refractivity contribution is 0.482. The molecule has 1 aromatic carbocycles. The van der Waals surface area contributed by atoms with Gasteiger partial charge in [-0.15, -0.1) is 0 Å². The first-order valence-corrected chi connectivity index (χ1v) is 5.72. The van der Waals surface area contributed by atoms with Crippen molar-refractivity contribution in [3.63, 3.8) is 0 Å². The smallest absolute Gasteiger partial charge is 0.315 e. The van der Waals surface area contributed by atoms with Crippen LogP contribution in [0.4, 0.5) is 0 Å². The Morgan fingerprint density at radius 3 is 3.14 bits per heavy atom. The Kier molecular flexibility index (Phi) is 1.64. The fourth-order valence-electron chi connectivity index (χ4n) is 2.03. The number of fused-ring (bicyclic) bond motifs is 3. The first kappa shape index (κ1) is 8.06. The Morgan fingerprint density at radius 1 is 1.29 bits per heavy atom. The van der Waals surface area contributed by atoms with Crippen LogP contribution in [0, 0.1) is 0 Å². The van der Waals surface area contributed by atoms with Crippen LogP contribution in [0.5, 0.6) is 5.75 Å².